The molecule has 0 fully saturated rings. The van der Waals surface area contributed by atoms with E-state index in [0.717, 1.165) is 34.7 Å². The van der Waals surface area contributed by atoms with Crippen molar-refractivity contribution in [3.05, 3.63) is 23.1 Å². The lowest BCUT2D eigenvalue weighted by atomic mass is 10.4. The Kier molecular flexibility index (Phi) is 3.43. The number of nitrogens with one attached hydrogen (secondary N) is 1. The van der Waals surface area contributed by atoms with E-state index in [0.29, 0.717) is 0 Å². The first-order chi connectivity index (χ1) is 7.33. The molecule has 0 bridgehead atoms. The summed E-state index contributed by atoms with van der Waals surface area (Å²) in [4.78, 5) is 7.50. The first kappa shape index (κ1) is 10.7. The molecule has 0 aliphatic heterocycles. The lowest BCUT2D eigenvalue weighted by Crippen LogP contribution is -2.00. The fourth-order valence-electron chi connectivity index (χ4n) is 1.56. The number of thioether (sulfide) groups is 1. The second kappa shape index (κ2) is 4.81. The number of aromatic nitrogens is 3. The van der Waals surface area contributed by atoms with Crippen molar-refractivity contribution in [2.75, 3.05) is 12.0 Å². The molecule has 2 aromatic heterocycles. The van der Waals surface area contributed by atoms with Crippen LogP contribution in [0.1, 0.15) is 6.42 Å². The Morgan fingerprint density at radius 3 is 3.27 bits per heavy atom. The van der Waals surface area contributed by atoms with E-state index in [1.54, 1.807) is 6.20 Å². The number of nitrogens with zero attached hydrogens (tertiary/aromatic N) is 2. The number of imidazole rings is 1. The molecule has 0 spiro atoms. The van der Waals surface area contributed by atoms with Crippen LogP contribution in [-0.2, 0) is 6.54 Å². The maximum atomic E-state index is 5.26. The Morgan fingerprint density at radius 1 is 1.60 bits per heavy atom. The van der Waals surface area contributed by atoms with Crippen LogP contribution in [0.3, 0.4) is 0 Å². The van der Waals surface area contributed by atoms with E-state index in [2.05, 4.69) is 20.8 Å². The maximum Gasteiger partial charge on any atom is 0.179 e. The first-order valence-electron chi connectivity index (χ1n) is 4.85. The number of pyridine rings is 1. The van der Waals surface area contributed by atoms with E-state index in [-0.39, 0.29) is 0 Å². The molecule has 0 radical (unpaired) electrons. The van der Waals surface area contributed by atoms with Crippen LogP contribution in [0.2, 0.25) is 0 Å². The summed E-state index contributed by atoms with van der Waals surface area (Å²) >= 11 is 7.12. The van der Waals surface area contributed by atoms with Gasteiger partial charge in [-0.25, -0.2) is 4.98 Å². The lowest BCUT2D eigenvalue weighted by molar-refractivity contribution is 0.688. The number of H-pyrrole nitrogens is 1. The second-order valence-electron chi connectivity index (χ2n) is 3.30. The Balaban J connectivity index is 2.33. The largest absolute Gasteiger partial charge is 0.329 e. The van der Waals surface area contributed by atoms with Gasteiger partial charge in [-0.05, 0) is 42.8 Å². The van der Waals surface area contributed by atoms with Gasteiger partial charge in [0.05, 0.1) is 5.52 Å². The second-order valence-corrected chi connectivity index (χ2v) is 4.68. The van der Waals surface area contributed by atoms with Crippen molar-refractivity contribution in [1.82, 2.24) is 14.5 Å². The summed E-state index contributed by atoms with van der Waals surface area (Å²) in [5.41, 5.74) is 1.98. The van der Waals surface area contributed by atoms with Gasteiger partial charge in [0.15, 0.2) is 10.4 Å². The molecule has 0 unspecified atom stereocenters. The number of hydrogen-bond acceptors (Lipinski definition) is 3. The minimum atomic E-state index is 0.768. The van der Waals surface area contributed by atoms with E-state index in [1.165, 1.54) is 0 Å². The van der Waals surface area contributed by atoms with Crippen molar-refractivity contribution in [3.8, 4) is 0 Å². The third-order valence-corrected chi connectivity index (χ3v) is 3.28. The van der Waals surface area contributed by atoms with Crippen LogP contribution in [0.15, 0.2) is 18.3 Å². The smallest absolute Gasteiger partial charge is 0.179 e. The highest BCUT2D eigenvalue weighted by atomic mass is 32.2. The molecule has 80 valence electrons. The number of rotatable bonds is 4. The summed E-state index contributed by atoms with van der Waals surface area (Å²) in [6.07, 6.45) is 5.04. The van der Waals surface area contributed by atoms with Gasteiger partial charge in [0.1, 0.15) is 0 Å². The van der Waals surface area contributed by atoms with E-state index >= 15 is 0 Å². The fourth-order valence-corrected chi connectivity index (χ4v) is 2.27. The van der Waals surface area contributed by atoms with Crippen LogP contribution in [0, 0.1) is 4.77 Å². The van der Waals surface area contributed by atoms with Gasteiger partial charge in [0.25, 0.3) is 0 Å². The third-order valence-electron chi connectivity index (χ3n) is 2.26. The fraction of sp³-hybridized carbons (Fsp3) is 0.400. The molecule has 2 heterocycles. The molecular weight excluding hydrogens is 226 g/mol. The van der Waals surface area contributed by atoms with Gasteiger partial charge >= 0.3 is 0 Å². The molecule has 3 nitrogen and oxygen atoms in total. The zero-order chi connectivity index (χ0) is 10.7. The molecule has 0 aromatic carbocycles. The van der Waals surface area contributed by atoms with Gasteiger partial charge in [0, 0.05) is 12.7 Å². The van der Waals surface area contributed by atoms with Gasteiger partial charge in [-0.3, -0.25) is 0 Å². The number of hydrogen-bond donors (Lipinski definition) is 1. The van der Waals surface area contributed by atoms with Crippen molar-refractivity contribution in [2.45, 2.75) is 13.0 Å². The summed E-state index contributed by atoms with van der Waals surface area (Å²) < 4.78 is 2.84. The van der Waals surface area contributed by atoms with Crippen molar-refractivity contribution >= 4 is 35.1 Å². The SMILES string of the molecule is CSCCCn1c(=S)[nH]c2cccnc21. The predicted molar refractivity (Wildman–Crippen MR) is 67.9 cm³/mol. The molecule has 0 amide bonds. The molecule has 1 N–H and O–H groups in total. The predicted octanol–water partition coefficient (Wildman–Crippen LogP) is 2.85. The van der Waals surface area contributed by atoms with Crippen molar-refractivity contribution in [3.63, 3.8) is 0 Å². The van der Waals surface area contributed by atoms with Gasteiger partial charge in [-0.2, -0.15) is 11.8 Å². The lowest BCUT2D eigenvalue weighted by Gasteiger charge is -2.01. The topological polar surface area (TPSA) is 33.6 Å². The molecular formula is C10H13N3S2. The molecule has 0 atom stereocenters. The van der Waals surface area contributed by atoms with Gasteiger partial charge in [-0.1, -0.05) is 0 Å². The Labute approximate surface area is 97.9 Å². The Morgan fingerprint density at radius 2 is 2.47 bits per heavy atom. The van der Waals surface area contributed by atoms with E-state index < -0.39 is 0 Å². The first-order valence-corrected chi connectivity index (χ1v) is 6.65. The van der Waals surface area contributed by atoms with Crippen molar-refractivity contribution in [1.29, 1.82) is 0 Å². The van der Waals surface area contributed by atoms with Gasteiger partial charge < -0.3 is 9.55 Å². The zero-order valence-electron chi connectivity index (χ0n) is 8.56. The van der Waals surface area contributed by atoms with Crippen LogP contribution in [-0.4, -0.2) is 26.5 Å². The van der Waals surface area contributed by atoms with Crippen molar-refractivity contribution in [2.24, 2.45) is 0 Å². The minimum Gasteiger partial charge on any atom is -0.329 e. The molecule has 2 aromatic rings. The quantitative estimate of drug-likeness (QED) is 0.658. The summed E-state index contributed by atoms with van der Waals surface area (Å²) in [7, 11) is 0. The average Bonchev–Trinajstić information content (AvgIpc) is 2.56. The molecule has 0 aliphatic rings. The van der Waals surface area contributed by atoms with E-state index in [9.17, 15) is 0 Å². The van der Waals surface area contributed by atoms with Crippen molar-refractivity contribution < 1.29 is 0 Å². The highest BCUT2D eigenvalue weighted by Gasteiger charge is 2.03. The van der Waals surface area contributed by atoms with Crippen LogP contribution in [0.5, 0.6) is 0 Å². The van der Waals surface area contributed by atoms with Crippen LogP contribution >= 0.6 is 24.0 Å². The van der Waals surface area contributed by atoms with E-state index in [4.69, 9.17) is 12.2 Å². The molecule has 5 heteroatoms. The summed E-state index contributed by atoms with van der Waals surface area (Å²) in [6, 6.07) is 3.92. The molecule has 2 rings (SSSR count). The standard InChI is InChI=1S/C10H13N3S2/c1-15-7-3-6-13-9-8(12-10(13)14)4-2-5-11-9/h2,4-5H,3,6-7H2,1H3,(H,12,14). The zero-order valence-corrected chi connectivity index (χ0v) is 10.2. The van der Waals surface area contributed by atoms with Crippen LogP contribution in [0.4, 0.5) is 0 Å². The third kappa shape index (κ3) is 2.23. The summed E-state index contributed by atoms with van der Waals surface area (Å²) in [5.74, 6) is 1.15. The van der Waals surface area contributed by atoms with Crippen LogP contribution in [0.25, 0.3) is 11.2 Å². The summed E-state index contributed by atoms with van der Waals surface area (Å²) in [5, 5.41) is 0. The molecule has 0 saturated heterocycles. The van der Waals surface area contributed by atoms with E-state index in [1.807, 2.05) is 23.9 Å². The minimum absolute atomic E-state index is 0.768. The Hall–Kier alpha value is -0.810. The Bertz CT molecular complexity index is 501. The highest BCUT2D eigenvalue weighted by Crippen LogP contribution is 2.11. The van der Waals surface area contributed by atoms with Crippen LogP contribution < -0.4 is 0 Å². The number of aryl methyl sites for hydroxylation is 1. The number of fused-ring (bicyclic) bond motifs is 1. The highest BCUT2D eigenvalue weighted by molar-refractivity contribution is 7.98. The normalized spacial score (nSPS) is 11.0. The molecule has 0 aliphatic carbocycles. The monoisotopic (exact) mass is 239 g/mol. The van der Waals surface area contributed by atoms with Gasteiger partial charge in [-0.15, -0.1) is 0 Å². The molecule has 0 saturated carbocycles. The summed E-state index contributed by atoms with van der Waals surface area (Å²) in [6.45, 7) is 0.941. The molecule has 15 heavy (non-hydrogen) atoms. The maximum absolute atomic E-state index is 5.26. The van der Waals surface area contributed by atoms with Gasteiger partial charge in [0.2, 0.25) is 0 Å². The average molecular weight is 239 g/mol. The number of aromatic amines is 1.